The van der Waals surface area contributed by atoms with E-state index < -0.39 is 23.8 Å². The van der Waals surface area contributed by atoms with Crippen LogP contribution in [0.4, 0.5) is 10.1 Å². The number of hydrogen-bond donors (Lipinski definition) is 1. The van der Waals surface area contributed by atoms with Gasteiger partial charge in [-0.25, -0.2) is 14.2 Å². The molecule has 0 bridgehead atoms. The van der Waals surface area contributed by atoms with Crippen LogP contribution in [0.5, 0.6) is 0 Å². The first-order valence-corrected chi connectivity index (χ1v) is 8.28. The molecule has 0 saturated heterocycles. The second kappa shape index (κ2) is 8.14. The lowest BCUT2D eigenvalue weighted by atomic mass is 10.2. The van der Waals surface area contributed by atoms with E-state index in [1.807, 2.05) is 6.07 Å². The van der Waals surface area contributed by atoms with Gasteiger partial charge in [-0.2, -0.15) is 5.26 Å². The fourth-order valence-corrected chi connectivity index (χ4v) is 2.40. The van der Waals surface area contributed by atoms with E-state index in [1.54, 1.807) is 24.3 Å². The molecule has 8 heteroatoms. The molecule has 1 atom stereocenters. The number of aromatic nitrogens is 2. The molecular formula is C20H15FN4O3. The van der Waals surface area contributed by atoms with Gasteiger partial charge in [0.2, 0.25) is 0 Å². The van der Waals surface area contributed by atoms with Gasteiger partial charge < -0.3 is 10.1 Å². The minimum absolute atomic E-state index is 0.102. The molecule has 0 saturated carbocycles. The second-order valence-electron chi connectivity index (χ2n) is 5.85. The summed E-state index contributed by atoms with van der Waals surface area (Å²) in [6.45, 7) is 1.44. The summed E-state index contributed by atoms with van der Waals surface area (Å²) in [6, 6.07) is 13.8. The number of benzene rings is 2. The minimum atomic E-state index is -1.07. The van der Waals surface area contributed by atoms with E-state index >= 15 is 0 Å². The van der Waals surface area contributed by atoms with Crippen LogP contribution in [0, 0.1) is 17.1 Å². The Balaban J connectivity index is 1.67. The molecule has 3 aromatic rings. The smallest absolute Gasteiger partial charge is 0.357 e. The molecule has 1 aromatic heterocycles. The van der Waals surface area contributed by atoms with Crippen LogP contribution in [-0.2, 0) is 9.53 Å². The van der Waals surface area contributed by atoms with Crippen LogP contribution in [0.1, 0.15) is 23.0 Å². The topological polar surface area (TPSA) is 97.0 Å². The number of halogens is 1. The molecule has 0 aliphatic heterocycles. The molecule has 3 rings (SSSR count). The van der Waals surface area contributed by atoms with E-state index in [-0.39, 0.29) is 5.69 Å². The number of hydrogen-bond acceptors (Lipinski definition) is 5. The summed E-state index contributed by atoms with van der Waals surface area (Å²) in [5, 5.41) is 11.4. The number of nitriles is 1. The molecular weight excluding hydrogens is 363 g/mol. The molecule has 0 unspecified atom stereocenters. The monoisotopic (exact) mass is 378 g/mol. The standard InChI is InChI=1S/C20H15FN4O3/c1-13(19(26)24-16-6-2-14(10-22)3-7-16)28-20(27)18-11-23-12-25(18)17-8-4-15(21)5-9-17/h2-9,11-13H,1H3,(H,24,26)/t13-/m1/s1. The maximum atomic E-state index is 13.1. The molecule has 0 radical (unpaired) electrons. The Hall–Kier alpha value is -3.99. The van der Waals surface area contributed by atoms with Crippen LogP contribution >= 0.6 is 0 Å². The van der Waals surface area contributed by atoms with Gasteiger partial charge in [0.25, 0.3) is 5.91 Å². The van der Waals surface area contributed by atoms with Crippen LogP contribution in [0.2, 0.25) is 0 Å². The number of carbonyl (C=O) groups excluding carboxylic acids is 2. The average molecular weight is 378 g/mol. The summed E-state index contributed by atoms with van der Waals surface area (Å²) in [7, 11) is 0. The summed E-state index contributed by atoms with van der Waals surface area (Å²) in [4.78, 5) is 28.6. The predicted octanol–water partition coefficient (Wildman–Crippen LogP) is 3.07. The van der Waals surface area contributed by atoms with Crippen molar-refractivity contribution in [1.82, 2.24) is 9.55 Å². The average Bonchev–Trinajstić information content (AvgIpc) is 3.19. The highest BCUT2D eigenvalue weighted by atomic mass is 19.1. The zero-order valence-electron chi connectivity index (χ0n) is 14.8. The van der Waals surface area contributed by atoms with E-state index in [0.717, 1.165) is 0 Å². The zero-order valence-corrected chi connectivity index (χ0v) is 14.8. The summed E-state index contributed by atoms with van der Waals surface area (Å²) in [5.41, 5.74) is 1.57. The Morgan fingerprint density at radius 1 is 1.18 bits per heavy atom. The van der Waals surface area contributed by atoms with Gasteiger partial charge in [-0.05, 0) is 55.5 Å². The first-order chi connectivity index (χ1) is 13.5. The van der Waals surface area contributed by atoms with Crippen LogP contribution in [0.25, 0.3) is 5.69 Å². The normalized spacial score (nSPS) is 11.3. The maximum absolute atomic E-state index is 13.1. The minimum Gasteiger partial charge on any atom is -0.448 e. The summed E-state index contributed by atoms with van der Waals surface area (Å²) < 4.78 is 19.8. The number of esters is 1. The maximum Gasteiger partial charge on any atom is 0.357 e. The molecule has 1 amide bonds. The highest BCUT2D eigenvalue weighted by molar-refractivity contribution is 5.97. The van der Waals surface area contributed by atoms with Crippen molar-refractivity contribution in [3.63, 3.8) is 0 Å². The second-order valence-corrected chi connectivity index (χ2v) is 5.85. The fraction of sp³-hybridized carbons (Fsp3) is 0.100. The van der Waals surface area contributed by atoms with Gasteiger partial charge >= 0.3 is 5.97 Å². The van der Waals surface area contributed by atoms with Gasteiger partial charge in [-0.1, -0.05) is 0 Å². The Bertz CT molecular complexity index is 1040. The third kappa shape index (κ3) is 4.22. The number of nitrogens with zero attached hydrogens (tertiary/aromatic N) is 3. The number of rotatable bonds is 5. The molecule has 7 nitrogen and oxygen atoms in total. The number of ether oxygens (including phenoxy) is 1. The Labute approximate surface area is 160 Å². The number of amides is 1. The lowest BCUT2D eigenvalue weighted by Crippen LogP contribution is -2.30. The van der Waals surface area contributed by atoms with Crippen molar-refractivity contribution in [3.8, 4) is 11.8 Å². The number of imidazole rings is 1. The third-order valence-corrected chi connectivity index (χ3v) is 3.89. The Morgan fingerprint density at radius 2 is 1.86 bits per heavy atom. The van der Waals surface area contributed by atoms with Crippen molar-refractivity contribution >= 4 is 17.6 Å². The van der Waals surface area contributed by atoms with Gasteiger partial charge in [-0.3, -0.25) is 9.36 Å². The van der Waals surface area contributed by atoms with Crippen molar-refractivity contribution in [3.05, 3.63) is 78.1 Å². The molecule has 140 valence electrons. The molecule has 0 aliphatic carbocycles. The summed E-state index contributed by atoms with van der Waals surface area (Å²) in [5.74, 6) is -1.67. The van der Waals surface area contributed by atoms with Gasteiger partial charge in [0.1, 0.15) is 5.82 Å². The van der Waals surface area contributed by atoms with Crippen molar-refractivity contribution in [2.45, 2.75) is 13.0 Å². The SMILES string of the molecule is C[C@@H](OC(=O)c1cncn1-c1ccc(F)cc1)C(=O)Nc1ccc(C#N)cc1. The third-order valence-electron chi connectivity index (χ3n) is 3.89. The van der Waals surface area contributed by atoms with E-state index in [9.17, 15) is 14.0 Å². The first kappa shape index (κ1) is 18.8. The van der Waals surface area contributed by atoms with E-state index in [1.165, 1.54) is 48.3 Å². The van der Waals surface area contributed by atoms with Crippen LogP contribution < -0.4 is 5.32 Å². The van der Waals surface area contributed by atoms with Gasteiger partial charge in [0.05, 0.1) is 24.2 Å². The number of anilines is 1. The van der Waals surface area contributed by atoms with Crippen molar-refractivity contribution in [1.29, 1.82) is 5.26 Å². The quantitative estimate of drug-likeness (QED) is 0.688. The lowest BCUT2D eigenvalue weighted by Gasteiger charge is -2.14. The molecule has 28 heavy (non-hydrogen) atoms. The van der Waals surface area contributed by atoms with Gasteiger partial charge in [0, 0.05) is 11.4 Å². The molecule has 0 aliphatic rings. The Morgan fingerprint density at radius 3 is 2.50 bits per heavy atom. The van der Waals surface area contributed by atoms with E-state index in [0.29, 0.717) is 16.9 Å². The van der Waals surface area contributed by atoms with E-state index in [2.05, 4.69) is 10.3 Å². The molecule has 1 N–H and O–H groups in total. The molecule has 0 spiro atoms. The van der Waals surface area contributed by atoms with Crippen molar-refractivity contribution < 1.29 is 18.7 Å². The van der Waals surface area contributed by atoms with Crippen LogP contribution in [-0.4, -0.2) is 27.5 Å². The largest absolute Gasteiger partial charge is 0.448 e. The number of carbonyl (C=O) groups is 2. The molecule has 2 aromatic carbocycles. The van der Waals surface area contributed by atoms with Crippen LogP contribution in [0.15, 0.2) is 61.1 Å². The first-order valence-electron chi connectivity index (χ1n) is 8.28. The summed E-state index contributed by atoms with van der Waals surface area (Å²) >= 11 is 0. The van der Waals surface area contributed by atoms with Crippen LogP contribution in [0.3, 0.4) is 0 Å². The zero-order chi connectivity index (χ0) is 20.1. The van der Waals surface area contributed by atoms with Crippen molar-refractivity contribution in [2.75, 3.05) is 5.32 Å². The number of nitrogens with one attached hydrogen (secondary N) is 1. The lowest BCUT2D eigenvalue weighted by molar-refractivity contribution is -0.123. The molecule has 1 heterocycles. The fourth-order valence-electron chi connectivity index (χ4n) is 2.40. The summed E-state index contributed by atoms with van der Waals surface area (Å²) in [6.07, 6.45) is 1.63. The van der Waals surface area contributed by atoms with E-state index in [4.69, 9.17) is 10.00 Å². The highest BCUT2D eigenvalue weighted by Crippen LogP contribution is 2.15. The molecule has 0 fully saturated rings. The van der Waals surface area contributed by atoms with Gasteiger partial charge in [0.15, 0.2) is 11.8 Å². The Kier molecular flexibility index (Phi) is 5.46. The predicted molar refractivity (Wildman–Crippen MR) is 98.2 cm³/mol. The van der Waals surface area contributed by atoms with Crippen molar-refractivity contribution in [2.24, 2.45) is 0 Å². The highest BCUT2D eigenvalue weighted by Gasteiger charge is 2.22. The van der Waals surface area contributed by atoms with Gasteiger partial charge in [-0.15, -0.1) is 0 Å².